The molecule has 1 saturated heterocycles. The molecule has 0 unspecified atom stereocenters. The van der Waals surface area contributed by atoms with Crippen LogP contribution in [0.5, 0.6) is 0 Å². The predicted octanol–water partition coefficient (Wildman–Crippen LogP) is -1.84. The lowest BCUT2D eigenvalue weighted by molar-refractivity contribution is -0.284. The van der Waals surface area contributed by atoms with Crippen molar-refractivity contribution in [2.24, 2.45) is 0 Å². The summed E-state index contributed by atoms with van der Waals surface area (Å²) in [5.74, 6) is -1.51. The van der Waals surface area contributed by atoms with Crippen molar-refractivity contribution in [2.75, 3.05) is 33.5 Å². The first-order chi connectivity index (χ1) is 16.5. The van der Waals surface area contributed by atoms with Gasteiger partial charge in [-0.05, 0) is 25.7 Å². The van der Waals surface area contributed by atoms with Crippen molar-refractivity contribution in [3.8, 4) is 0 Å². The molecule has 0 radical (unpaired) electrons. The molecule has 0 aromatic heterocycles. The number of aliphatic hydroxyl groups is 5. The quantitative estimate of drug-likeness (QED) is 0.0995. The molecular formula is C23H39NO11. The predicted molar refractivity (Wildman–Crippen MR) is 121 cm³/mol. The lowest BCUT2D eigenvalue weighted by Crippen LogP contribution is -2.73. The standard InChI is InChI=1S/C23H39NO11/c1-4-9-33-10-11-34-15-5-7-22(31,8-6-15)23(21(30)32-3)12-16(27)18(24-14(2)26)20(35-23)19(29)17(28)13-25/h4,15-20,25,27-29,31H,1,5-13H2,2-3H3,(H,24,26)/t15?,16-,17+,18+,19+,20+,22?,23+/m0/s1. The number of amides is 1. The highest BCUT2D eigenvalue weighted by molar-refractivity contribution is 5.82. The molecule has 6 atom stereocenters. The van der Waals surface area contributed by atoms with Crippen LogP contribution in [0.25, 0.3) is 0 Å². The average molecular weight is 506 g/mol. The van der Waals surface area contributed by atoms with Crippen LogP contribution in [-0.4, -0.2) is 119 Å². The van der Waals surface area contributed by atoms with Crippen molar-refractivity contribution < 1.29 is 54.1 Å². The van der Waals surface area contributed by atoms with Gasteiger partial charge in [0.2, 0.25) is 5.91 Å². The molecule has 0 aromatic rings. The Morgan fingerprint density at radius 3 is 2.46 bits per heavy atom. The summed E-state index contributed by atoms with van der Waals surface area (Å²) in [4.78, 5) is 24.8. The van der Waals surface area contributed by atoms with Crippen molar-refractivity contribution in [2.45, 2.75) is 86.8 Å². The average Bonchev–Trinajstić information content (AvgIpc) is 2.84. The maximum absolute atomic E-state index is 13.1. The Balaban J connectivity index is 2.27. The zero-order valence-corrected chi connectivity index (χ0v) is 20.3. The molecule has 6 N–H and O–H groups in total. The lowest BCUT2D eigenvalue weighted by Gasteiger charge is -2.54. The fourth-order valence-corrected chi connectivity index (χ4v) is 4.88. The van der Waals surface area contributed by atoms with E-state index in [1.165, 1.54) is 6.92 Å². The van der Waals surface area contributed by atoms with Crippen LogP contribution in [0.4, 0.5) is 0 Å². The van der Waals surface area contributed by atoms with E-state index in [0.717, 1.165) is 7.11 Å². The third-order valence-electron chi connectivity index (χ3n) is 6.73. The minimum absolute atomic E-state index is 0.0587. The third kappa shape index (κ3) is 6.77. The molecule has 1 saturated carbocycles. The van der Waals surface area contributed by atoms with Gasteiger partial charge in [-0.15, -0.1) is 6.58 Å². The topological polar surface area (TPSA) is 184 Å². The Hall–Kier alpha value is -1.64. The fourth-order valence-electron chi connectivity index (χ4n) is 4.88. The molecule has 1 aliphatic carbocycles. The van der Waals surface area contributed by atoms with Crippen LogP contribution in [-0.2, 0) is 28.5 Å². The summed E-state index contributed by atoms with van der Waals surface area (Å²) >= 11 is 0. The van der Waals surface area contributed by atoms with Gasteiger partial charge in [0.1, 0.15) is 23.9 Å². The van der Waals surface area contributed by atoms with E-state index in [9.17, 15) is 35.1 Å². The summed E-state index contributed by atoms with van der Waals surface area (Å²) in [7, 11) is 1.11. The van der Waals surface area contributed by atoms with Crippen LogP contribution in [0, 0.1) is 0 Å². The van der Waals surface area contributed by atoms with Crippen LogP contribution < -0.4 is 5.32 Å². The highest BCUT2D eigenvalue weighted by Crippen LogP contribution is 2.47. The summed E-state index contributed by atoms with van der Waals surface area (Å²) in [6.07, 6.45) is -4.61. The van der Waals surface area contributed by atoms with Gasteiger partial charge >= 0.3 is 5.97 Å². The summed E-state index contributed by atoms with van der Waals surface area (Å²) in [5, 5.41) is 55.1. The van der Waals surface area contributed by atoms with Crippen molar-refractivity contribution in [1.29, 1.82) is 0 Å². The van der Waals surface area contributed by atoms with Gasteiger partial charge in [-0.3, -0.25) is 4.79 Å². The minimum Gasteiger partial charge on any atom is -0.467 e. The molecule has 202 valence electrons. The van der Waals surface area contributed by atoms with Crippen molar-refractivity contribution in [1.82, 2.24) is 5.32 Å². The largest absolute Gasteiger partial charge is 0.467 e. The first-order valence-electron chi connectivity index (χ1n) is 11.8. The van der Waals surface area contributed by atoms with Crippen LogP contribution in [0.15, 0.2) is 12.7 Å². The Labute approximate surface area is 204 Å². The smallest absolute Gasteiger partial charge is 0.341 e. The molecule has 0 spiro atoms. The van der Waals surface area contributed by atoms with Gasteiger partial charge in [-0.1, -0.05) is 6.08 Å². The SMILES string of the molecule is C=CCOCCOC1CCC(O)([C@]2(C(=O)OC)C[C@H](O)[C@@H](NC(C)=O)[C@H]([C@H](O)[C@H](O)CO)O2)CC1. The lowest BCUT2D eigenvalue weighted by atomic mass is 9.67. The maximum Gasteiger partial charge on any atom is 0.341 e. The number of aliphatic hydroxyl groups excluding tert-OH is 4. The second kappa shape index (κ2) is 13.1. The van der Waals surface area contributed by atoms with E-state index in [2.05, 4.69) is 11.9 Å². The molecule has 12 heteroatoms. The highest BCUT2D eigenvalue weighted by atomic mass is 16.6. The van der Waals surface area contributed by atoms with Gasteiger partial charge in [-0.2, -0.15) is 0 Å². The Morgan fingerprint density at radius 2 is 1.91 bits per heavy atom. The molecule has 35 heavy (non-hydrogen) atoms. The van der Waals surface area contributed by atoms with E-state index < -0.39 is 66.6 Å². The molecule has 0 bridgehead atoms. The van der Waals surface area contributed by atoms with Gasteiger partial charge < -0.3 is 49.8 Å². The molecule has 12 nitrogen and oxygen atoms in total. The second-order valence-electron chi connectivity index (χ2n) is 9.10. The highest BCUT2D eigenvalue weighted by Gasteiger charge is 2.65. The first-order valence-corrected chi connectivity index (χ1v) is 11.8. The Morgan fingerprint density at radius 1 is 1.26 bits per heavy atom. The van der Waals surface area contributed by atoms with Crippen molar-refractivity contribution in [3.05, 3.63) is 12.7 Å². The molecule has 2 aliphatic rings. The van der Waals surface area contributed by atoms with E-state index >= 15 is 0 Å². The van der Waals surface area contributed by atoms with E-state index in [0.29, 0.717) is 32.7 Å². The summed E-state index contributed by atoms with van der Waals surface area (Å²) in [6, 6.07) is -1.22. The van der Waals surface area contributed by atoms with Gasteiger partial charge in [0, 0.05) is 13.3 Å². The van der Waals surface area contributed by atoms with Crippen LogP contribution in [0.2, 0.25) is 0 Å². The van der Waals surface area contributed by atoms with Gasteiger partial charge in [0.25, 0.3) is 0 Å². The third-order valence-corrected chi connectivity index (χ3v) is 6.73. The zero-order chi connectivity index (χ0) is 26.2. The van der Waals surface area contributed by atoms with Crippen LogP contribution >= 0.6 is 0 Å². The monoisotopic (exact) mass is 505 g/mol. The normalized spacial score (nSPS) is 35.1. The van der Waals surface area contributed by atoms with E-state index in [1.54, 1.807) is 6.08 Å². The number of nitrogens with one attached hydrogen (secondary N) is 1. The molecule has 1 heterocycles. The number of esters is 1. The summed E-state index contributed by atoms with van der Waals surface area (Å²) in [6.45, 7) is 5.06. The summed E-state index contributed by atoms with van der Waals surface area (Å²) in [5.41, 5.74) is -3.90. The molecule has 1 aliphatic heterocycles. The molecule has 1 amide bonds. The molecule has 0 aromatic carbocycles. The van der Waals surface area contributed by atoms with E-state index in [-0.39, 0.29) is 18.9 Å². The van der Waals surface area contributed by atoms with Gasteiger partial charge in [-0.25, -0.2) is 4.79 Å². The minimum atomic E-state index is -2.10. The number of carbonyl (C=O) groups excluding carboxylic acids is 2. The number of ether oxygens (including phenoxy) is 4. The number of hydrogen-bond acceptors (Lipinski definition) is 11. The maximum atomic E-state index is 13.1. The number of hydrogen-bond donors (Lipinski definition) is 6. The first kappa shape index (κ1) is 29.6. The Kier molecular flexibility index (Phi) is 11.0. The molecule has 2 fully saturated rings. The summed E-state index contributed by atoms with van der Waals surface area (Å²) < 4.78 is 22.0. The molecular weight excluding hydrogens is 466 g/mol. The molecule has 2 rings (SSSR count). The van der Waals surface area contributed by atoms with Gasteiger partial charge in [0.15, 0.2) is 5.60 Å². The number of carbonyl (C=O) groups is 2. The van der Waals surface area contributed by atoms with Crippen molar-refractivity contribution in [3.63, 3.8) is 0 Å². The van der Waals surface area contributed by atoms with Crippen LogP contribution in [0.1, 0.15) is 39.0 Å². The Bertz CT molecular complexity index is 712. The van der Waals surface area contributed by atoms with Crippen LogP contribution in [0.3, 0.4) is 0 Å². The van der Waals surface area contributed by atoms with E-state index in [4.69, 9.17) is 18.9 Å². The van der Waals surface area contributed by atoms with Gasteiger partial charge in [0.05, 0.1) is 51.8 Å². The second-order valence-corrected chi connectivity index (χ2v) is 9.10. The number of rotatable bonds is 12. The number of methoxy groups -OCH3 is 1. The fraction of sp³-hybridized carbons (Fsp3) is 0.826. The zero-order valence-electron chi connectivity index (χ0n) is 20.3. The van der Waals surface area contributed by atoms with E-state index in [1.807, 2.05) is 0 Å². The van der Waals surface area contributed by atoms with Crippen molar-refractivity contribution >= 4 is 11.9 Å².